The third-order valence-corrected chi connectivity index (χ3v) is 13.8. The number of carbonyl (C=O) groups is 13. The summed E-state index contributed by atoms with van der Waals surface area (Å²) in [6, 6.07) is -6.25. The van der Waals surface area contributed by atoms with Crippen LogP contribution in [0.2, 0.25) is 0 Å². The van der Waals surface area contributed by atoms with Gasteiger partial charge in [0.25, 0.3) is 0 Å². The van der Waals surface area contributed by atoms with Gasteiger partial charge in [-0.15, -0.1) is 0 Å². The van der Waals surface area contributed by atoms with Gasteiger partial charge in [-0.25, -0.2) is 0 Å². The molecule has 1 aromatic carbocycles. The molecule has 0 aliphatic heterocycles. The van der Waals surface area contributed by atoms with E-state index in [1.807, 2.05) is 0 Å². The molecule has 27 N–H and O–H groups in total. The largest absolute Gasteiger partial charge is 0.391 e. The molecular weight excluding hydrogens is 1200 g/mol. The van der Waals surface area contributed by atoms with Crippen LogP contribution in [-0.4, -0.2) is 186 Å². The van der Waals surface area contributed by atoms with E-state index in [4.69, 9.17) is 45.9 Å². The number of nitrogens with zero attached hydrogens (tertiary/aromatic N) is 2. The van der Waals surface area contributed by atoms with Gasteiger partial charge in [0.05, 0.1) is 12.5 Å². The SMILES string of the molecule is CC(=O)N[C@@H](Cc1ccccc1)C(=O)N[C@H](C(=O)N[C@H](C(=O)N[C@@H](CCCN=C(N)N)C(=O)N[C@@H](CCCCN)C(=O)N[C@@H](CC(N)=O)C(=O)N[C@@H](CCCN=C(N)N)C(=O)N[C@@H](CCC(N)=O)C(=O)N[C@H](C(=O)N[C@@H](CS)C(N)=O)C(C)C)[C@@H](C)O)C(C)C. The second-order valence-electron chi connectivity index (χ2n) is 21.9. The van der Waals surface area contributed by atoms with Gasteiger partial charge in [-0.1, -0.05) is 58.0 Å². The van der Waals surface area contributed by atoms with Crippen LogP contribution < -0.4 is 99.0 Å². The number of aliphatic imine (C=N–C) groups is 2. The lowest BCUT2D eigenvalue weighted by Crippen LogP contribution is -2.62. The molecule has 504 valence electrons. The second kappa shape index (κ2) is 41.4. The molecule has 0 saturated heterocycles. The van der Waals surface area contributed by atoms with Crippen molar-refractivity contribution in [1.82, 2.24) is 53.2 Å². The quantitative estimate of drug-likeness (QED) is 0.0125. The minimum atomic E-state index is -1.87. The van der Waals surface area contributed by atoms with Gasteiger partial charge in [0.1, 0.15) is 60.4 Å². The van der Waals surface area contributed by atoms with Crippen LogP contribution in [0.25, 0.3) is 0 Å². The van der Waals surface area contributed by atoms with E-state index in [1.54, 1.807) is 58.0 Å². The summed E-state index contributed by atoms with van der Waals surface area (Å²) in [6.45, 7) is 8.71. The highest BCUT2D eigenvalue weighted by molar-refractivity contribution is 7.80. The van der Waals surface area contributed by atoms with Crippen LogP contribution in [0.5, 0.6) is 0 Å². The monoisotopic (exact) mass is 1290 g/mol. The minimum Gasteiger partial charge on any atom is -0.391 e. The van der Waals surface area contributed by atoms with Crippen LogP contribution in [-0.2, 0) is 68.7 Å². The van der Waals surface area contributed by atoms with Gasteiger partial charge in [0.15, 0.2) is 11.9 Å². The van der Waals surface area contributed by atoms with E-state index in [2.05, 4.69) is 75.8 Å². The maximum absolute atomic E-state index is 14.4. The van der Waals surface area contributed by atoms with Gasteiger partial charge in [-0.2, -0.15) is 12.6 Å². The molecule has 90 heavy (non-hydrogen) atoms. The summed E-state index contributed by atoms with van der Waals surface area (Å²) in [5, 5.41) is 35.8. The smallest absolute Gasteiger partial charge is 0.245 e. The number of nitrogens with two attached hydrogens (primary N) is 8. The summed E-state index contributed by atoms with van der Waals surface area (Å²) in [6.07, 6.45) is -3.52. The van der Waals surface area contributed by atoms with Crippen molar-refractivity contribution in [3.8, 4) is 0 Å². The first-order valence-corrected chi connectivity index (χ1v) is 29.9. The second-order valence-corrected chi connectivity index (χ2v) is 22.3. The number of carbonyl (C=O) groups excluding carboxylic acids is 13. The standard InChI is InChI=1S/C55H94N20O14S/c1-27(2)41(51(87)72-38(26-90)44(59)80)73-48(84)35(19-20-39(57)78)69-45(81)33(17-12-22-64-54(60)61)68-49(85)37(25-40(58)79)71-47(83)32(16-10-11-21-56)67-46(82)34(18-13-23-65-55(62)63)70-53(89)43(29(5)76)75-52(88)42(28(3)4)74-50(86)36(66-30(6)77)24-31-14-8-7-9-15-31/h7-9,14-15,27-29,32-38,41-43,76,90H,10-13,16-26,56H2,1-6H3,(H2,57,78)(H2,58,79)(H2,59,80)(H,66,77)(H,67,82)(H,68,85)(H,69,81)(H,70,89)(H,71,83)(H,72,87)(H,73,84)(H,74,86)(H,75,88)(H4,60,61,64)(H4,62,63,65)/t29-,32+,33+,34+,35+,36+,37+,38+,41+,42+,43+/m1/s1. The molecule has 1 rings (SSSR count). The predicted molar refractivity (Wildman–Crippen MR) is 334 cm³/mol. The molecule has 0 aromatic heterocycles. The Balaban J connectivity index is 3.69. The van der Waals surface area contributed by atoms with E-state index in [0.717, 1.165) is 0 Å². The fraction of sp³-hybridized carbons (Fsp3) is 0.618. The third-order valence-electron chi connectivity index (χ3n) is 13.5. The van der Waals surface area contributed by atoms with Crippen molar-refractivity contribution in [2.24, 2.45) is 67.7 Å². The average Bonchev–Trinajstić information content (AvgIpc) is 2.14. The van der Waals surface area contributed by atoms with Crippen LogP contribution >= 0.6 is 12.6 Å². The Labute approximate surface area is 527 Å². The highest BCUT2D eigenvalue weighted by Gasteiger charge is 2.38. The zero-order valence-electron chi connectivity index (χ0n) is 51.7. The molecule has 35 heteroatoms. The zero-order chi connectivity index (χ0) is 68.4. The highest BCUT2D eigenvalue weighted by Crippen LogP contribution is 2.13. The van der Waals surface area contributed by atoms with E-state index >= 15 is 0 Å². The van der Waals surface area contributed by atoms with E-state index in [-0.39, 0.29) is 82.3 Å². The first kappa shape index (κ1) is 79.2. The van der Waals surface area contributed by atoms with Crippen molar-refractivity contribution in [2.75, 3.05) is 25.4 Å². The van der Waals surface area contributed by atoms with Gasteiger partial charge in [-0.3, -0.25) is 72.3 Å². The fourth-order valence-corrected chi connectivity index (χ4v) is 8.89. The van der Waals surface area contributed by atoms with Crippen LogP contribution in [0.1, 0.15) is 111 Å². The lowest BCUT2D eigenvalue weighted by molar-refractivity contribution is -0.137. The van der Waals surface area contributed by atoms with Gasteiger partial charge < -0.3 is 104 Å². The molecule has 0 bridgehead atoms. The Morgan fingerprint density at radius 3 is 1.23 bits per heavy atom. The van der Waals surface area contributed by atoms with Gasteiger partial charge >= 0.3 is 0 Å². The molecule has 0 heterocycles. The number of thiol groups is 1. The summed E-state index contributed by atoms with van der Waals surface area (Å²) in [4.78, 5) is 183. The maximum atomic E-state index is 14.4. The normalized spacial score (nSPS) is 14.7. The third kappa shape index (κ3) is 30.9. The molecule has 0 radical (unpaired) electrons. The number of nitrogens with one attached hydrogen (secondary N) is 10. The molecule has 0 aliphatic rings. The highest BCUT2D eigenvalue weighted by atomic mass is 32.1. The lowest BCUT2D eigenvalue weighted by Gasteiger charge is -2.29. The lowest BCUT2D eigenvalue weighted by atomic mass is 10.00. The summed E-state index contributed by atoms with van der Waals surface area (Å²) in [7, 11) is 0. The molecule has 0 fully saturated rings. The molecule has 13 amide bonds. The average molecular weight is 1290 g/mol. The number of hydrogen-bond donors (Lipinski definition) is 20. The number of aliphatic hydroxyl groups excluding tert-OH is 1. The number of amides is 13. The van der Waals surface area contributed by atoms with Gasteiger partial charge in [0, 0.05) is 38.6 Å². The maximum Gasteiger partial charge on any atom is 0.245 e. The summed E-state index contributed by atoms with van der Waals surface area (Å²) < 4.78 is 0. The molecule has 0 aliphatic carbocycles. The Kier molecular flexibility index (Phi) is 36.4. The number of primary amides is 3. The Morgan fingerprint density at radius 2 is 0.833 bits per heavy atom. The zero-order valence-corrected chi connectivity index (χ0v) is 52.6. The van der Waals surface area contributed by atoms with E-state index in [1.165, 1.54) is 13.8 Å². The number of unbranched alkanes of at least 4 members (excludes halogenated alkanes) is 1. The fourth-order valence-electron chi connectivity index (χ4n) is 8.62. The van der Waals surface area contributed by atoms with Crippen molar-refractivity contribution < 1.29 is 67.4 Å². The van der Waals surface area contributed by atoms with E-state index in [0.29, 0.717) is 12.0 Å². The molecule has 0 spiro atoms. The number of benzene rings is 1. The van der Waals surface area contributed by atoms with E-state index in [9.17, 15) is 67.4 Å². The van der Waals surface area contributed by atoms with Crippen molar-refractivity contribution in [2.45, 2.75) is 179 Å². The van der Waals surface area contributed by atoms with Crippen LogP contribution in [0.4, 0.5) is 0 Å². The van der Waals surface area contributed by atoms with Crippen LogP contribution in [0, 0.1) is 11.8 Å². The number of hydrogen-bond acceptors (Lipinski definition) is 18. The molecule has 34 nitrogen and oxygen atoms in total. The van der Waals surface area contributed by atoms with Crippen molar-refractivity contribution in [3.63, 3.8) is 0 Å². The predicted octanol–water partition coefficient (Wildman–Crippen LogP) is -7.42. The van der Waals surface area contributed by atoms with Crippen molar-refractivity contribution >= 4 is 101 Å². The van der Waals surface area contributed by atoms with Crippen LogP contribution in [0.15, 0.2) is 40.3 Å². The first-order chi connectivity index (χ1) is 42.2. The number of guanidine groups is 2. The van der Waals surface area contributed by atoms with Gasteiger partial charge in [-0.05, 0) is 82.2 Å². The van der Waals surface area contributed by atoms with Crippen molar-refractivity contribution in [3.05, 3.63) is 35.9 Å². The topological polar surface area (TPSA) is 595 Å². The van der Waals surface area contributed by atoms with Crippen molar-refractivity contribution in [1.29, 1.82) is 0 Å². The Hall–Kier alpha value is -8.86. The Morgan fingerprint density at radius 1 is 0.456 bits per heavy atom. The molecular formula is C55H94N20O14S. The van der Waals surface area contributed by atoms with Gasteiger partial charge in [0.2, 0.25) is 76.8 Å². The number of rotatable bonds is 43. The summed E-state index contributed by atoms with van der Waals surface area (Å²) in [5.41, 5.74) is 44.8. The Bertz CT molecular complexity index is 2660. The molecule has 1 aromatic rings. The molecule has 0 saturated carbocycles. The van der Waals surface area contributed by atoms with E-state index < -0.39 is 174 Å². The minimum absolute atomic E-state index is 0.0139. The first-order valence-electron chi connectivity index (χ1n) is 29.2. The number of aliphatic hydroxyl groups is 1. The summed E-state index contributed by atoms with van der Waals surface area (Å²) >= 11 is 4.02. The summed E-state index contributed by atoms with van der Waals surface area (Å²) in [5.74, 6) is -14.4. The molecule has 11 atom stereocenters. The molecule has 0 unspecified atom stereocenters. The van der Waals surface area contributed by atoms with Crippen LogP contribution in [0.3, 0.4) is 0 Å².